The number of hydrogen-bond acceptors (Lipinski definition) is 9. The number of carbonyl (C=O) groups is 6. The minimum atomic E-state index is -1.60. The van der Waals surface area contributed by atoms with E-state index in [9.17, 15) is 33.9 Å². The Kier molecular flexibility index (Phi) is 16.1. The maximum atomic E-state index is 12.8. The van der Waals surface area contributed by atoms with Crippen LogP contribution in [0.2, 0.25) is 0 Å². The number of amides is 3. The van der Waals surface area contributed by atoms with E-state index in [0.29, 0.717) is 25.1 Å². The van der Waals surface area contributed by atoms with Gasteiger partial charge in [-0.05, 0) is 50.7 Å². The average molecular weight is 522 g/mol. The quantitative estimate of drug-likeness (QED) is 0.0865. The molecular formula is C20H35N5O9S. The summed E-state index contributed by atoms with van der Waals surface area (Å²) in [6, 6.07) is -5.29. The smallest absolute Gasteiger partial charge is 0.326 e. The maximum Gasteiger partial charge on any atom is 0.326 e. The molecule has 0 aromatic rings. The summed E-state index contributed by atoms with van der Waals surface area (Å²) in [5.74, 6) is -6.12. The van der Waals surface area contributed by atoms with Crippen LogP contribution in [0.4, 0.5) is 0 Å². The van der Waals surface area contributed by atoms with Gasteiger partial charge in [-0.1, -0.05) is 0 Å². The predicted molar refractivity (Wildman–Crippen MR) is 126 cm³/mol. The molecule has 0 rings (SSSR count). The van der Waals surface area contributed by atoms with Gasteiger partial charge in [-0.3, -0.25) is 24.0 Å². The first kappa shape index (κ1) is 32.1. The van der Waals surface area contributed by atoms with Crippen molar-refractivity contribution < 1.29 is 44.1 Å². The van der Waals surface area contributed by atoms with Crippen LogP contribution in [0.5, 0.6) is 0 Å². The SMILES string of the molecule is CSCCC(NC(=O)C(CC(=O)O)NC(=O)C(N)CCC(=O)O)C(=O)NC(CCCCN)C(=O)O. The van der Waals surface area contributed by atoms with E-state index in [2.05, 4.69) is 16.0 Å². The Hall–Kier alpha value is -2.91. The first-order chi connectivity index (χ1) is 16.4. The van der Waals surface area contributed by atoms with Gasteiger partial charge in [0.2, 0.25) is 17.7 Å². The summed E-state index contributed by atoms with van der Waals surface area (Å²) in [4.78, 5) is 71.1. The Morgan fingerprint density at radius 1 is 0.771 bits per heavy atom. The summed E-state index contributed by atoms with van der Waals surface area (Å²) in [5.41, 5.74) is 11.0. The van der Waals surface area contributed by atoms with Gasteiger partial charge in [0.1, 0.15) is 18.1 Å². The van der Waals surface area contributed by atoms with Gasteiger partial charge in [0.25, 0.3) is 0 Å². The molecule has 15 heteroatoms. The molecule has 0 spiro atoms. The Balaban J connectivity index is 5.41. The Morgan fingerprint density at radius 2 is 1.34 bits per heavy atom. The second-order valence-corrected chi connectivity index (χ2v) is 8.71. The Morgan fingerprint density at radius 3 is 1.86 bits per heavy atom. The van der Waals surface area contributed by atoms with Crippen LogP contribution in [0, 0.1) is 0 Å². The topological polar surface area (TPSA) is 251 Å². The molecule has 0 aliphatic carbocycles. The Bertz CT molecular complexity index is 752. The van der Waals surface area contributed by atoms with E-state index >= 15 is 0 Å². The van der Waals surface area contributed by atoms with Crippen LogP contribution in [-0.2, 0) is 28.8 Å². The molecule has 0 aliphatic heterocycles. The molecule has 0 saturated heterocycles. The maximum absolute atomic E-state index is 12.8. The summed E-state index contributed by atoms with van der Waals surface area (Å²) in [6.07, 6.45) is 1.57. The monoisotopic (exact) mass is 521 g/mol. The van der Waals surface area contributed by atoms with Crippen molar-refractivity contribution in [3.8, 4) is 0 Å². The standard InChI is InChI=1S/C20H35N5O9S/c1-35-9-7-12(18(31)24-13(20(33)34)4-2-3-8-21)23-19(32)14(10-16(28)29)25-17(30)11(22)5-6-15(26)27/h11-14H,2-10,21-22H2,1H3,(H,23,32)(H,24,31)(H,25,30)(H,26,27)(H,28,29)(H,33,34). The molecule has 10 N–H and O–H groups in total. The fourth-order valence-corrected chi connectivity index (χ4v) is 3.34. The minimum absolute atomic E-state index is 0.111. The van der Waals surface area contributed by atoms with Crippen molar-refractivity contribution in [3.63, 3.8) is 0 Å². The molecule has 200 valence electrons. The van der Waals surface area contributed by atoms with Gasteiger partial charge in [-0.2, -0.15) is 11.8 Å². The molecule has 35 heavy (non-hydrogen) atoms. The van der Waals surface area contributed by atoms with Crippen molar-refractivity contribution >= 4 is 47.4 Å². The third-order valence-electron chi connectivity index (χ3n) is 4.82. The molecule has 14 nitrogen and oxygen atoms in total. The van der Waals surface area contributed by atoms with Gasteiger partial charge in [-0.15, -0.1) is 0 Å². The molecule has 4 atom stereocenters. The molecular weight excluding hydrogens is 486 g/mol. The van der Waals surface area contributed by atoms with E-state index in [1.165, 1.54) is 11.8 Å². The van der Waals surface area contributed by atoms with Crippen LogP contribution in [-0.4, -0.2) is 93.7 Å². The number of carboxylic acids is 3. The van der Waals surface area contributed by atoms with E-state index in [1.54, 1.807) is 6.26 Å². The van der Waals surface area contributed by atoms with Crippen LogP contribution >= 0.6 is 11.8 Å². The zero-order chi connectivity index (χ0) is 27.0. The van der Waals surface area contributed by atoms with Gasteiger partial charge in [-0.25, -0.2) is 4.79 Å². The number of nitrogens with two attached hydrogens (primary N) is 2. The summed E-state index contributed by atoms with van der Waals surface area (Å²) in [7, 11) is 0. The number of nitrogens with one attached hydrogen (secondary N) is 3. The summed E-state index contributed by atoms with van der Waals surface area (Å²) in [6.45, 7) is 0.364. The molecule has 0 heterocycles. The Labute approximate surface area is 206 Å². The van der Waals surface area contributed by atoms with Crippen molar-refractivity contribution in [1.82, 2.24) is 16.0 Å². The van der Waals surface area contributed by atoms with Crippen LogP contribution in [0.25, 0.3) is 0 Å². The van der Waals surface area contributed by atoms with Gasteiger partial charge in [0.15, 0.2) is 0 Å². The van der Waals surface area contributed by atoms with Gasteiger partial charge in [0.05, 0.1) is 12.5 Å². The van der Waals surface area contributed by atoms with E-state index < -0.39 is 72.6 Å². The van der Waals surface area contributed by atoms with Crippen molar-refractivity contribution in [2.45, 2.75) is 69.1 Å². The zero-order valence-corrected chi connectivity index (χ0v) is 20.3. The fourth-order valence-electron chi connectivity index (χ4n) is 2.87. The third kappa shape index (κ3) is 14.2. The fraction of sp³-hybridized carbons (Fsp3) is 0.700. The van der Waals surface area contributed by atoms with E-state index in [-0.39, 0.29) is 19.3 Å². The highest BCUT2D eigenvalue weighted by atomic mass is 32.2. The van der Waals surface area contributed by atoms with E-state index in [1.807, 2.05) is 0 Å². The van der Waals surface area contributed by atoms with Crippen LogP contribution < -0.4 is 27.4 Å². The van der Waals surface area contributed by atoms with Crippen molar-refractivity contribution in [2.75, 3.05) is 18.6 Å². The lowest BCUT2D eigenvalue weighted by Gasteiger charge is -2.24. The number of carbonyl (C=O) groups excluding carboxylic acids is 3. The number of hydrogen-bond donors (Lipinski definition) is 8. The van der Waals surface area contributed by atoms with Gasteiger partial charge >= 0.3 is 17.9 Å². The lowest BCUT2D eigenvalue weighted by Crippen LogP contribution is -2.57. The molecule has 0 bridgehead atoms. The second-order valence-electron chi connectivity index (χ2n) is 7.72. The number of rotatable bonds is 19. The lowest BCUT2D eigenvalue weighted by molar-refractivity contribution is -0.143. The van der Waals surface area contributed by atoms with Crippen LogP contribution in [0.1, 0.15) is 44.9 Å². The third-order valence-corrected chi connectivity index (χ3v) is 5.47. The molecule has 0 fully saturated rings. The highest BCUT2D eigenvalue weighted by molar-refractivity contribution is 7.98. The second kappa shape index (κ2) is 17.5. The molecule has 0 saturated carbocycles. The molecule has 0 aliphatic rings. The van der Waals surface area contributed by atoms with Gasteiger partial charge in [0, 0.05) is 6.42 Å². The zero-order valence-electron chi connectivity index (χ0n) is 19.5. The summed E-state index contributed by atoms with van der Waals surface area (Å²) < 4.78 is 0. The van der Waals surface area contributed by atoms with E-state index in [4.69, 9.17) is 21.7 Å². The van der Waals surface area contributed by atoms with Crippen molar-refractivity contribution in [3.05, 3.63) is 0 Å². The molecule has 0 radical (unpaired) electrons. The lowest BCUT2D eigenvalue weighted by atomic mass is 10.1. The molecule has 0 aromatic carbocycles. The van der Waals surface area contributed by atoms with Gasteiger partial charge < -0.3 is 42.7 Å². The predicted octanol–water partition coefficient (Wildman–Crippen LogP) is -1.93. The molecule has 3 amide bonds. The van der Waals surface area contributed by atoms with Crippen molar-refractivity contribution in [2.24, 2.45) is 11.5 Å². The van der Waals surface area contributed by atoms with Crippen LogP contribution in [0.15, 0.2) is 0 Å². The number of aliphatic carboxylic acids is 3. The molecule has 4 unspecified atom stereocenters. The normalized spacial score (nSPS) is 14.1. The number of carboxylic acid groups (broad SMARTS) is 3. The largest absolute Gasteiger partial charge is 0.481 e. The first-order valence-electron chi connectivity index (χ1n) is 10.9. The average Bonchev–Trinajstić information content (AvgIpc) is 2.78. The minimum Gasteiger partial charge on any atom is -0.481 e. The van der Waals surface area contributed by atoms with E-state index in [0.717, 1.165) is 0 Å². The summed E-state index contributed by atoms with van der Waals surface area (Å²) >= 11 is 1.37. The number of thioether (sulfide) groups is 1. The van der Waals surface area contributed by atoms with Crippen LogP contribution in [0.3, 0.4) is 0 Å². The highest BCUT2D eigenvalue weighted by Gasteiger charge is 2.31. The highest BCUT2D eigenvalue weighted by Crippen LogP contribution is 2.06. The molecule has 0 aromatic heterocycles. The first-order valence-corrected chi connectivity index (χ1v) is 12.3. The van der Waals surface area contributed by atoms with Crippen molar-refractivity contribution in [1.29, 1.82) is 0 Å². The summed E-state index contributed by atoms with van der Waals surface area (Å²) in [5, 5.41) is 34.1. The number of unbranched alkanes of at least 4 members (excludes halogenated alkanes) is 1.